The third-order valence-electron chi connectivity index (χ3n) is 2.40. The maximum absolute atomic E-state index is 5.40. The van der Waals surface area contributed by atoms with Crippen molar-refractivity contribution < 1.29 is 4.42 Å². The Balaban J connectivity index is 2.31. The minimum absolute atomic E-state index is 0.960. The molecule has 0 radical (unpaired) electrons. The van der Waals surface area contributed by atoms with Crippen molar-refractivity contribution in [3.63, 3.8) is 0 Å². The maximum Gasteiger partial charge on any atom is 0.375 e. The number of rotatable bonds is 1. The lowest BCUT2D eigenvalue weighted by Gasteiger charge is -1.98. The predicted octanol–water partition coefficient (Wildman–Crippen LogP) is 4.44. The molecule has 3 rings (SSSR count). The van der Waals surface area contributed by atoms with Crippen LogP contribution in [-0.4, -0.2) is 0 Å². The summed E-state index contributed by atoms with van der Waals surface area (Å²) in [6.45, 7) is 0. The van der Waals surface area contributed by atoms with E-state index in [9.17, 15) is 0 Å². The van der Waals surface area contributed by atoms with Gasteiger partial charge in [-0.25, -0.2) is 4.42 Å². The molecule has 0 aliphatic rings. The molecular weight excluding hydrogens is 204 g/mol. The monoisotopic (exact) mass is 213 g/mol. The minimum Gasteiger partial charge on any atom is -0.203 e. The van der Waals surface area contributed by atoms with Gasteiger partial charge < -0.3 is 0 Å². The van der Waals surface area contributed by atoms with Gasteiger partial charge in [0.05, 0.1) is 0 Å². The average Bonchev–Trinajstić information content (AvgIpc) is 2.78. The van der Waals surface area contributed by atoms with E-state index in [0.717, 1.165) is 5.58 Å². The van der Waals surface area contributed by atoms with E-state index in [4.69, 9.17) is 4.42 Å². The van der Waals surface area contributed by atoms with Crippen LogP contribution in [0.3, 0.4) is 0 Å². The Morgan fingerprint density at radius 2 is 1.73 bits per heavy atom. The Labute approximate surface area is 91.6 Å². The maximum atomic E-state index is 5.40. The van der Waals surface area contributed by atoms with E-state index in [1.807, 2.05) is 18.2 Å². The molecule has 0 atom stereocenters. The molecule has 15 heavy (non-hydrogen) atoms. The second-order valence-electron chi connectivity index (χ2n) is 3.33. The van der Waals surface area contributed by atoms with Gasteiger partial charge in [0, 0.05) is 11.6 Å². The quantitative estimate of drug-likeness (QED) is 0.544. The van der Waals surface area contributed by atoms with Crippen LogP contribution in [0.2, 0.25) is 0 Å². The average molecular weight is 213 g/mol. The molecule has 0 saturated carbocycles. The molecule has 0 fully saturated rings. The molecule has 0 spiro atoms. The molecule has 72 valence electrons. The van der Waals surface area contributed by atoms with E-state index in [0.29, 0.717) is 0 Å². The van der Waals surface area contributed by atoms with Gasteiger partial charge in [0.15, 0.2) is 0 Å². The highest BCUT2D eigenvalue weighted by Gasteiger charge is 2.12. The van der Waals surface area contributed by atoms with Gasteiger partial charge in [0.2, 0.25) is 0 Å². The Hall–Kier alpha value is -1.67. The highest BCUT2D eigenvalue weighted by molar-refractivity contribution is 7.17. The Morgan fingerprint density at radius 1 is 0.867 bits per heavy atom. The van der Waals surface area contributed by atoms with E-state index < -0.39 is 0 Å². The molecule has 2 aromatic carbocycles. The minimum atomic E-state index is 0.960. The highest BCUT2D eigenvalue weighted by atomic mass is 32.1. The van der Waals surface area contributed by atoms with E-state index in [2.05, 4.69) is 30.3 Å². The number of benzene rings is 2. The van der Waals surface area contributed by atoms with Crippen molar-refractivity contribution in [2.75, 3.05) is 0 Å². The van der Waals surface area contributed by atoms with Gasteiger partial charge in [-0.3, -0.25) is 0 Å². The van der Waals surface area contributed by atoms with Crippen molar-refractivity contribution in [1.29, 1.82) is 0 Å². The molecule has 2 heteroatoms. The lowest BCUT2D eigenvalue weighted by molar-refractivity contribution is 0.624. The Bertz CT molecular complexity index is 584. The zero-order chi connectivity index (χ0) is 10.1. The van der Waals surface area contributed by atoms with Gasteiger partial charge in [-0.2, -0.15) is 0 Å². The van der Waals surface area contributed by atoms with E-state index in [1.165, 1.54) is 15.8 Å². The van der Waals surface area contributed by atoms with Gasteiger partial charge in [-0.05, 0) is 16.9 Å². The summed E-state index contributed by atoms with van der Waals surface area (Å²) in [5, 5.41) is 0. The summed E-state index contributed by atoms with van der Waals surface area (Å²) in [5.74, 6) is 0. The van der Waals surface area contributed by atoms with Gasteiger partial charge in [0.1, 0.15) is 4.70 Å². The van der Waals surface area contributed by atoms with Crippen LogP contribution in [0.5, 0.6) is 0 Å². The summed E-state index contributed by atoms with van der Waals surface area (Å²) in [5.41, 5.74) is 5.21. The van der Waals surface area contributed by atoms with Gasteiger partial charge >= 0.3 is 11.2 Å². The first-order valence-corrected chi connectivity index (χ1v) is 5.66. The first-order chi connectivity index (χ1) is 7.45. The van der Waals surface area contributed by atoms with Crippen LogP contribution in [0.1, 0.15) is 0 Å². The lowest BCUT2D eigenvalue weighted by Crippen LogP contribution is -1.76. The third kappa shape index (κ3) is 1.43. The van der Waals surface area contributed by atoms with E-state index in [-0.39, 0.29) is 0 Å². The van der Waals surface area contributed by atoms with Crippen LogP contribution in [0, 0.1) is 0 Å². The molecule has 1 nitrogen and oxygen atoms in total. The molecule has 1 aromatic heterocycles. The molecule has 0 N–H and O–H groups in total. The first-order valence-electron chi connectivity index (χ1n) is 4.78. The number of hydrogen-bond acceptors (Lipinski definition) is 1. The SMILES string of the molecule is c1ccc(-c2cccc3[o+]csc23)cc1. The molecule has 0 aliphatic carbocycles. The lowest BCUT2D eigenvalue weighted by atomic mass is 10.1. The molecule has 3 aromatic rings. The van der Waals surface area contributed by atoms with Crippen LogP contribution in [0.15, 0.2) is 58.5 Å². The van der Waals surface area contributed by atoms with Crippen LogP contribution in [0.4, 0.5) is 0 Å². The van der Waals surface area contributed by atoms with Crippen LogP contribution in [-0.2, 0) is 0 Å². The Morgan fingerprint density at radius 3 is 2.60 bits per heavy atom. The fourth-order valence-corrected chi connectivity index (χ4v) is 2.49. The van der Waals surface area contributed by atoms with Crippen molar-refractivity contribution in [2.24, 2.45) is 0 Å². The number of fused-ring (bicyclic) bond motifs is 1. The molecular formula is C13H9OS+. The summed E-state index contributed by atoms with van der Waals surface area (Å²) >= 11 is 1.64. The topological polar surface area (TPSA) is 11.3 Å². The highest BCUT2D eigenvalue weighted by Crippen LogP contribution is 2.31. The second-order valence-corrected chi connectivity index (χ2v) is 4.17. The molecule has 0 unspecified atom stereocenters. The van der Waals surface area contributed by atoms with Crippen molar-refractivity contribution in [2.45, 2.75) is 0 Å². The molecule has 0 bridgehead atoms. The molecule has 0 aliphatic heterocycles. The fourth-order valence-electron chi connectivity index (χ4n) is 1.70. The van der Waals surface area contributed by atoms with Crippen molar-refractivity contribution in [3.8, 4) is 11.1 Å². The zero-order valence-corrected chi connectivity index (χ0v) is 8.83. The first kappa shape index (κ1) is 8.62. The van der Waals surface area contributed by atoms with Crippen molar-refractivity contribution >= 4 is 21.6 Å². The summed E-state index contributed by atoms with van der Waals surface area (Å²) in [4.78, 5) is 0. The zero-order valence-electron chi connectivity index (χ0n) is 8.01. The molecule has 0 saturated heterocycles. The summed E-state index contributed by atoms with van der Waals surface area (Å²) in [6.07, 6.45) is 0. The summed E-state index contributed by atoms with van der Waals surface area (Å²) in [6, 6.07) is 16.5. The molecule has 1 heterocycles. The van der Waals surface area contributed by atoms with Crippen LogP contribution < -0.4 is 0 Å². The van der Waals surface area contributed by atoms with E-state index in [1.54, 1.807) is 16.9 Å². The van der Waals surface area contributed by atoms with Crippen LogP contribution in [0.25, 0.3) is 21.4 Å². The van der Waals surface area contributed by atoms with Crippen molar-refractivity contribution in [1.82, 2.24) is 0 Å². The largest absolute Gasteiger partial charge is 0.375 e. The second kappa shape index (κ2) is 3.48. The number of hydrogen-bond donors (Lipinski definition) is 0. The summed E-state index contributed by atoms with van der Waals surface area (Å²) < 4.78 is 6.61. The normalized spacial score (nSPS) is 10.7. The smallest absolute Gasteiger partial charge is 0.203 e. The standard InChI is InChI=1S/C13H9OS/c1-2-5-10(6-3-1)11-7-4-8-12-13(11)15-9-14-12/h1-9H/q+1. The predicted molar refractivity (Wildman–Crippen MR) is 63.9 cm³/mol. The molecule has 0 amide bonds. The third-order valence-corrected chi connectivity index (χ3v) is 3.25. The van der Waals surface area contributed by atoms with Gasteiger partial charge in [-0.15, -0.1) is 0 Å². The Kier molecular flexibility index (Phi) is 2.00. The fraction of sp³-hybridized carbons (Fsp3) is 0. The van der Waals surface area contributed by atoms with Gasteiger partial charge in [-0.1, -0.05) is 42.5 Å². The van der Waals surface area contributed by atoms with Crippen LogP contribution >= 0.6 is 11.3 Å². The van der Waals surface area contributed by atoms with Crippen molar-refractivity contribution in [3.05, 3.63) is 54.1 Å². The van der Waals surface area contributed by atoms with E-state index >= 15 is 0 Å². The van der Waals surface area contributed by atoms with Gasteiger partial charge in [0.25, 0.3) is 0 Å². The summed E-state index contributed by atoms with van der Waals surface area (Å²) in [7, 11) is 0.